The molecule has 120 valence electrons. The highest BCUT2D eigenvalue weighted by molar-refractivity contribution is 7.94. The fraction of sp³-hybridized carbons (Fsp3) is 0.133. The highest BCUT2D eigenvalue weighted by Crippen LogP contribution is 2.31. The van der Waals surface area contributed by atoms with Gasteiger partial charge in [0.05, 0.1) is 16.8 Å². The minimum Gasteiger partial charge on any atom is -0.358 e. The number of benzene rings is 1. The first-order valence-electron chi connectivity index (χ1n) is 6.78. The van der Waals surface area contributed by atoms with Gasteiger partial charge in [0.2, 0.25) is 4.34 Å². The van der Waals surface area contributed by atoms with E-state index in [4.69, 9.17) is 10.5 Å². The fourth-order valence-corrected chi connectivity index (χ4v) is 4.66. The maximum absolute atomic E-state index is 12.5. The first kappa shape index (κ1) is 16.0. The van der Waals surface area contributed by atoms with Gasteiger partial charge in [0.15, 0.2) is 5.69 Å². The predicted octanol–water partition coefficient (Wildman–Crippen LogP) is 2.79. The summed E-state index contributed by atoms with van der Waals surface area (Å²) in [5, 5.41) is 18.8. The van der Waals surface area contributed by atoms with Gasteiger partial charge in [0, 0.05) is 16.5 Å². The summed E-state index contributed by atoms with van der Waals surface area (Å²) in [4.78, 5) is 7.33. The molecule has 0 radical (unpaired) electrons. The first-order chi connectivity index (χ1) is 11.4. The average Bonchev–Trinajstić information content (AvgIpc) is 3.14. The topological polar surface area (TPSA) is 122 Å². The molecule has 1 aromatic carbocycles. The Labute approximate surface area is 142 Å². The molecular formula is C15H11N5O2S2. The van der Waals surface area contributed by atoms with Crippen molar-refractivity contribution in [1.29, 1.82) is 10.5 Å². The number of nitriles is 2. The zero-order valence-electron chi connectivity index (χ0n) is 12.7. The number of anilines is 1. The molecule has 0 aliphatic carbocycles. The summed E-state index contributed by atoms with van der Waals surface area (Å²) >= 11 is 0.937. The number of nitrogens with one attached hydrogen (secondary N) is 2. The Balaban J connectivity index is 2.10. The Morgan fingerprint density at radius 3 is 2.62 bits per heavy atom. The van der Waals surface area contributed by atoms with Crippen molar-refractivity contribution in [3.8, 4) is 12.1 Å². The summed E-state index contributed by atoms with van der Waals surface area (Å²) in [6, 6.07) is 7.30. The van der Waals surface area contributed by atoms with Crippen LogP contribution in [0.5, 0.6) is 0 Å². The highest BCUT2D eigenvalue weighted by Gasteiger charge is 2.22. The van der Waals surface area contributed by atoms with Gasteiger partial charge in [-0.1, -0.05) is 6.07 Å². The number of fused-ring (bicyclic) bond motifs is 1. The third-order valence-electron chi connectivity index (χ3n) is 3.52. The van der Waals surface area contributed by atoms with Crippen molar-refractivity contribution in [3.05, 3.63) is 40.0 Å². The Morgan fingerprint density at radius 2 is 2.00 bits per heavy atom. The Hall–Kier alpha value is -2.88. The lowest BCUT2D eigenvalue weighted by Crippen LogP contribution is -2.13. The Bertz CT molecular complexity index is 1140. The molecular weight excluding hydrogens is 346 g/mol. The molecule has 9 heteroatoms. The van der Waals surface area contributed by atoms with E-state index in [-0.39, 0.29) is 10.0 Å². The Morgan fingerprint density at radius 1 is 1.25 bits per heavy atom. The number of sulfonamides is 1. The second-order valence-electron chi connectivity index (χ2n) is 5.10. The number of hydrogen-bond acceptors (Lipinski definition) is 6. The normalized spacial score (nSPS) is 11.2. The van der Waals surface area contributed by atoms with Crippen molar-refractivity contribution in [2.24, 2.45) is 0 Å². The van der Waals surface area contributed by atoms with E-state index < -0.39 is 10.0 Å². The number of aryl methyl sites for hydroxylation is 2. The van der Waals surface area contributed by atoms with Gasteiger partial charge in [-0.2, -0.15) is 18.9 Å². The maximum atomic E-state index is 12.5. The molecule has 2 aromatic heterocycles. The minimum absolute atomic E-state index is 0.0982. The zero-order valence-corrected chi connectivity index (χ0v) is 14.3. The molecule has 0 fully saturated rings. The quantitative estimate of drug-likeness (QED) is 0.746. The number of hydrogen-bond donors (Lipinski definition) is 2. The van der Waals surface area contributed by atoms with Gasteiger partial charge >= 0.3 is 0 Å². The van der Waals surface area contributed by atoms with Gasteiger partial charge in [-0.15, -0.1) is 11.3 Å². The van der Waals surface area contributed by atoms with Crippen LogP contribution in [-0.4, -0.2) is 18.4 Å². The van der Waals surface area contributed by atoms with Crippen LogP contribution in [0, 0.1) is 36.5 Å². The second kappa shape index (κ2) is 5.64. The number of aromatic amines is 1. The van der Waals surface area contributed by atoms with Crippen LogP contribution in [0.2, 0.25) is 0 Å². The summed E-state index contributed by atoms with van der Waals surface area (Å²) in [5.41, 5.74) is 2.26. The van der Waals surface area contributed by atoms with Crippen LogP contribution in [0.25, 0.3) is 10.9 Å². The second-order valence-corrected chi connectivity index (χ2v) is 8.16. The van der Waals surface area contributed by atoms with Crippen LogP contribution in [0.15, 0.2) is 22.7 Å². The van der Waals surface area contributed by atoms with Gasteiger partial charge in [-0.25, -0.2) is 4.98 Å². The molecule has 0 aliphatic heterocycles. The van der Waals surface area contributed by atoms with E-state index in [0.29, 0.717) is 27.0 Å². The SMILES string of the molecule is Cc1sc(S(=O)(=O)Nc2ccc(C)c3c(C#N)c[nH]c23)nc1C#N. The molecule has 0 bridgehead atoms. The van der Waals surface area contributed by atoms with Crippen LogP contribution in [0.4, 0.5) is 5.69 Å². The van der Waals surface area contributed by atoms with Gasteiger partial charge in [0.1, 0.15) is 12.1 Å². The molecule has 2 N–H and O–H groups in total. The molecule has 0 aliphatic rings. The van der Waals surface area contributed by atoms with Gasteiger partial charge in [-0.05, 0) is 25.5 Å². The predicted molar refractivity (Wildman–Crippen MR) is 90.1 cm³/mol. The largest absolute Gasteiger partial charge is 0.358 e. The van der Waals surface area contributed by atoms with E-state index in [1.54, 1.807) is 19.1 Å². The number of rotatable bonds is 3. The molecule has 0 saturated heterocycles. The lowest BCUT2D eigenvalue weighted by molar-refractivity contribution is 0.600. The third-order valence-corrected chi connectivity index (χ3v) is 6.23. The molecule has 0 spiro atoms. The van der Waals surface area contributed by atoms with Crippen molar-refractivity contribution >= 4 is 38.0 Å². The Kier molecular flexibility index (Phi) is 3.76. The van der Waals surface area contributed by atoms with Crippen molar-refractivity contribution in [2.45, 2.75) is 18.2 Å². The molecule has 7 nitrogen and oxygen atoms in total. The van der Waals surface area contributed by atoms with Crippen LogP contribution >= 0.6 is 11.3 Å². The summed E-state index contributed by atoms with van der Waals surface area (Å²) < 4.78 is 27.4. The van der Waals surface area contributed by atoms with Crippen LogP contribution < -0.4 is 4.72 Å². The number of nitrogens with zero attached hydrogens (tertiary/aromatic N) is 3. The molecule has 24 heavy (non-hydrogen) atoms. The van der Waals surface area contributed by atoms with Crippen molar-refractivity contribution in [2.75, 3.05) is 4.72 Å². The third kappa shape index (κ3) is 2.50. The van der Waals surface area contributed by atoms with E-state index in [1.165, 1.54) is 6.20 Å². The highest BCUT2D eigenvalue weighted by atomic mass is 32.2. The summed E-state index contributed by atoms with van der Waals surface area (Å²) in [7, 11) is -3.92. The van der Waals surface area contributed by atoms with E-state index in [1.807, 2.05) is 13.0 Å². The minimum atomic E-state index is -3.92. The van der Waals surface area contributed by atoms with Crippen molar-refractivity contribution in [1.82, 2.24) is 9.97 Å². The first-order valence-corrected chi connectivity index (χ1v) is 9.08. The van der Waals surface area contributed by atoms with Gasteiger partial charge in [0.25, 0.3) is 10.0 Å². The standard InChI is InChI=1S/C15H11N5O2S2/c1-8-3-4-11(14-13(8)10(5-16)7-18-14)20-24(21,22)15-19-12(6-17)9(2)23-15/h3-4,7,18,20H,1-2H3. The van der Waals surface area contributed by atoms with E-state index >= 15 is 0 Å². The smallest absolute Gasteiger partial charge is 0.289 e. The number of thiazole rings is 1. The van der Waals surface area contributed by atoms with Crippen LogP contribution in [0.3, 0.4) is 0 Å². The van der Waals surface area contributed by atoms with Crippen LogP contribution in [0.1, 0.15) is 21.7 Å². The summed E-state index contributed by atoms with van der Waals surface area (Å²) in [6.45, 7) is 3.49. The van der Waals surface area contributed by atoms with Crippen LogP contribution in [-0.2, 0) is 10.0 Å². The molecule has 2 heterocycles. The maximum Gasteiger partial charge on any atom is 0.289 e. The van der Waals surface area contributed by atoms with E-state index in [9.17, 15) is 8.42 Å². The van der Waals surface area contributed by atoms with Crippen molar-refractivity contribution < 1.29 is 8.42 Å². The molecule has 0 atom stereocenters. The molecule has 0 saturated carbocycles. The summed E-state index contributed by atoms with van der Waals surface area (Å²) in [6.07, 6.45) is 1.54. The number of H-pyrrole nitrogens is 1. The zero-order chi connectivity index (χ0) is 17.5. The monoisotopic (exact) mass is 357 g/mol. The fourth-order valence-electron chi connectivity index (χ4n) is 2.37. The molecule has 0 amide bonds. The van der Waals surface area contributed by atoms with E-state index in [2.05, 4.69) is 20.8 Å². The van der Waals surface area contributed by atoms with Gasteiger partial charge in [-0.3, -0.25) is 4.72 Å². The summed E-state index contributed by atoms with van der Waals surface area (Å²) in [5.74, 6) is 0. The average molecular weight is 357 g/mol. The molecule has 3 aromatic rings. The van der Waals surface area contributed by atoms with E-state index in [0.717, 1.165) is 16.9 Å². The van der Waals surface area contributed by atoms with Gasteiger partial charge < -0.3 is 4.98 Å². The number of aromatic nitrogens is 2. The van der Waals surface area contributed by atoms with Crippen molar-refractivity contribution in [3.63, 3.8) is 0 Å². The molecule has 3 rings (SSSR count). The molecule has 0 unspecified atom stereocenters. The lowest BCUT2D eigenvalue weighted by atomic mass is 10.1. The lowest BCUT2D eigenvalue weighted by Gasteiger charge is -2.08.